The van der Waals surface area contributed by atoms with Gasteiger partial charge in [-0.15, -0.1) is 0 Å². The van der Waals surface area contributed by atoms with Gasteiger partial charge in [0.25, 0.3) is 0 Å². The van der Waals surface area contributed by atoms with Crippen molar-refractivity contribution in [3.8, 4) is 0 Å². The molecule has 0 N–H and O–H groups in total. The van der Waals surface area contributed by atoms with E-state index in [0.717, 1.165) is 12.5 Å². The second kappa shape index (κ2) is 9.45. The molecule has 0 amide bonds. The topological polar surface area (TPSA) is 27.7 Å². The molecule has 0 bridgehead atoms. The van der Waals surface area contributed by atoms with Crippen LogP contribution < -0.4 is 12.4 Å². The van der Waals surface area contributed by atoms with Crippen LogP contribution in [-0.2, 0) is 13.3 Å². The minimum absolute atomic E-state index is 0. The largest absolute Gasteiger partial charge is 2.00 e. The normalized spacial score (nSPS) is 13.4. The van der Waals surface area contributed by atoms with Crippen molar-refractivity contribution < 1.29 is 25.7 Å². The second-order valence-corrected chi connectivity index (χ2v) is 10.4. The van der Waals surface area contributed by atoms with Gasteiger partial charge in [-0.3, -0.25) is 0 Å². The van der Waals surface area contributed by atoms with Crippen LogP contribution in [0.5, 0.6) is 0 Å². The summed E-state index contributed by atoms with van der Waals surface area (Å²) in [6.45, 7) is 22.3. The van der Waals surface area contributed by atoms with Crippen molar-refractivity contribution in [2.45, 2.75) is 91.6 Å². The zero-order chi connectivity index (χ0) is 15.5. The minimum Gasteiger partial charge on any atom is -1.00 e. The molecule has 6 heteroatoms. The summed E-state index contributed by atoms with van der Waals surface area (Å²) in [7, 11) is -2.76. The van der Waals surface area contributed by atoms with E-state index in [1.807, 2.05) is 62.3 Å². The first-order valence-corrected chi connectivity index (χ1v) is 9.01. The molecule has 0 spiro atoms. The summed E-state index contributed by atoms with van der Waals surface area (Å²) < 4.78 is 18.8. The van der Waals surface area contributed by atoms with Crippen LogP contribution in [-0.4, -0.2) is 48.7 Å². The summed E-state index contributed by atoms with van der Waals surface area (Å²) in [5, 5.41) is 0. The average Bonchev–Trinajstić information content (AvgIpc) is 1.90. The molecule has 0 aliphatic carbocycles. The SMILES string of the molecule is [CH2-]CC[Si](OC(C)(C)C)(OC(C)(C)C)OC(C)(C)C.[Cl-].[Mg+2]. The molecule has 0 aliphatic heterocycles. The molecule has 0 unspecified atom stereocenters. The first-order valence-electron chi connectivity index (χ1n) is 7.08. The molecule has 124 valence electrons. The Balaban J connectivity index is -0.00000162. The van der Waals surface area contributed by atoms with Crippen LogP contribution in [0.2, 0.25) is 6.04 Å². The number of hydrogen-bond donors (Lipinski definition) is 0. The van der Waals surface area contributed by atoms with Gasteiger partial charge in [0.1, 0.15) is 0 Å². The first-order chi connectivity index (χ1) is 8.18. The van der Waals surface area contributed by atoms with Crippen LogP contribution in [0.25, 0.3) is 0 Å². The zero-order valence-corrected chi connectivity index (χ0v) is 18.6. The zero-order valence-electron chi connectivity index (χ0n) is 15.4. The molecule has 0 atom stereocenters. The van der Waals surface area contributed by atoms with Gasteiger partial charge >= 0.3 is 31.9 Å². The van der Waals surface area contributed by atoms with Crippen LogP contribution in [0, 0.1) is 6.92 Å². The van der Waals surface area contributed by atoms with Crippen molar-refractivity contribution >= 4 is 31.9 Å². The number of hydrogen-bond acceptors (Lipinski definition) is 3. The molecule has 0 rings (SSSR count). The van der Waals surface area contributed by atoms with Gasteiger partial charge in [-0.1, -0.05) is 0 Å². The summed E-state index contributed by atoms with van der Waals surface area (Å²) in [6, 6.07) is 0.735. The smallest absolute Gasteiger partial charge is 1.00 e. The fourth-order valence-electron chi connectivity index (χ4n) is 1.83. The van der Waals surface area contributed by atoms with Gasteiger partial charge in [0.05, 0.1) is 16.8 Å². The van der Waals surface area contributed by atoms with Gasteiger partial charge in [-0.2, -0.15) is 6.42 Å². The molecule has 0 saturated heterocycles. The summed E-state index contributed by atoms with van der Waals surface area (Å²) in [4.78, 5) is 0. The van der Waals surface area contributed by atoms with E-state index in [0.29, 0.717) is 0 Å². The third-order valence-electron chi connectivity index (χ3n) is 1.87. The van der Waals surface area contributed by atoms with E-state index >= 15 is 0 Å². The molecule has 21 heavy (non-hydrogen) atoms. The van der Waals surface area contributed by atoms with Crippen molar-refractivity contribution in [1.82, 2.24) is 0 Å². The van der Waals surface area contributed by atoms with Crippen LogP contribution >= 0.6 is 0 Å². The Morgan fingerprint density at radius 1 is 0.714 bits per heavy atom. The summed E-state index contributed by atoms with van der Waals surface area (Å²) in [5.74, 6) is 0. The predicted octanol–water partition coefficient (Wildman–Crippen LogP) is 1.22. The minimum atomic E-state index is -2.76. The molecule has 0 aromatic heterocycles. The van der Waals surface area contributed by atoms with Crippen LogP contribution in [0.1, 0.15) is 68.7 Å². The van der Waals surface area contributed by atoms with Crippen LogP contribution in [0.15, 0.2) is 0 Å². The van der Waals surface area contributed by atoms with Crippen molar-refractivity contribution in [2.24, 2.45) is 0 Å². The van der Waals surface area contributed by atoms with Gasteiger partial charge in [0.15, 0.2) is 0 Å². The molecular weight excluding hydrogens is 316 g/mol. The predicted molar refractivity (Wildman–Crippen MR) is 88.8 cm³/mol. The van der Waals surface area contributed by atoms with Gasteiger partial charge in [-0.25, -0.2) is 0 Å². The van der Waals surface area contributed by atoms with Gasteiger partial charge < -0.3 is 32.6 Å². The van der Waals surface area contributed by atoms with E-state index in [1.54, 1.807) is 0 Å². The Morgan fingerprint density at radius 2 is 0.952 bits per heavy atom. The average molecular weight is 349 g/mol. The first kappa shape index (κ1) is 27.0. The third kappa shape index (κ3) is 14.5. The Morgan fingerprint density at radius 3 is 1.10 bits per heavy atom. The summed E-state index contributed by atoms with van der Waals surface area (Å²) in [6.07, 6.45) is 0.745. The third-order valence-corrected chi connectivity index (χ3v) is 5.60. The van der Waals surface area contributed by atoms with E-state index in [-0.39, 0.29) is 52.3 Å². The molecule has 0 aliphatic rings. The summed E-state index contributed by atoms with van der Waals surface area (Å²) >= 11 is 0. The molecule has 3 nitrogen and oxygen atoms in total. The second-order valence-electron chi connectivity index (χ2n) is 7.93. The summed E-state index contributed by atoms with van der Waals surface area (Å²) in [5.41, 5.74) is -0.881. The van der Waals surface area contributed by atoms with E-state index in [2.05, 4.69) is 6.92 Å². The maximum atomic E-state index is 6.27. The fourth-order valence-corrected chi connectivity index (χ4v) is 5.49. The monoisotopic (exact) mass is 348 g/mol. The maximum absolute atomic E-state index is 6.27. The van der Waals surface area contributed by atoms with Crippen molar-refractivity contribution in [3.05, 3.63) is 6.92 Å². The Hall–Kier alpha value is 1.15. The molecule has 0 aromatic rings. The Kier molecular flexibility index (Phi) is 12.2. The standard InChI is InChI=1S/C15H33O3Si.ClH.Mg/c1-11-12-19(16-13(2,3)4,17-14(5,6)7)18-15(8,9)10;;/h1,11-12H2,2-10H3;1H;/q-1;;+2/p-1. The number of rotatable bonds is 5. The molecule has 0 fully saturated rings. The molecule has 0 radical (unpaired) electrons. The van der Waals surface area contributed by atoms with E-state index < -0.39 is 8.80 Å². The van der Waals surface area contributed by atoms with E-state index in [9.17, 15) is 0 Å². The van der Waals surface area contributed by atoms with Crippen molar-refractivity contribution in [2.75, 3.05) is 0 Å². The Bertz CT molecular complexity index is 239. The maximum Gasteiger partial charge on any atom is 2.00 e. The molecule has 0 heterocycles. The molecule has 0 saturated carbocycles. The van der Waals surface area contributed by atoms with Gasteiger partial charge in [0.2, 0.25) is 0 Å². The quantitative estimate of drug-likeness (QED) is 0.552. The fraction of sp³-hybridized carbons (Fsp3) is 0.933. The van der Waals surface area contributed by atoms with Gasteiger partial charge in [0, 0.05) is 0 Å². The Labute approximate surface area is 155 Å². The van der Waals surface area contributed by atoms with Gasteiger partial charge in [-0.05, 0) is 68.4 Å². The number of halogens is 1. The molecular formula is C15H33ClMgO3Si. The van der Waals surface area contributed by atoms with Crippen LogP contribution in [0.4, 0.5) is 0 Å². The van der Waals surface area contributed by atoms with Crippen molar-refractivity contribution in [1.29, 1.82) is 0 Å². The van der Waals surface area contributed by atoms with E-state index in [4.69, 9.17) is 13.3 Å². The van der Waals surface area contributed by atoms with Crippen LogP contribution in [0.3, 0.4) is 0 Å². The van der Waals surface area contributed by atoms with E-state index in [1.165, 1.54) is 0 Å². The molecule has 0 aromatic carbocycles. The van der Waals surface area contributed by atoms with Crippen molar-refractivity contribution in [3.63, 3.8) is 0 Å².